The van der Waals surface area contributed by atoms with Crippen LogP contribution in [0.1, 0.15) is 25.5 Å². The lowest BCUT2D eigenvalue weighted by atomic mass is 9.92. The Hall–Kier alpha value is -1.33. The molecule has 1 aromatic heterocycles. The second kappa shape index (κ2) is 6.90. The van der Waals surface area contributed by atoms with Crippen LogP contribution in [0.15, 0.2) is 22.8 Å². The average Bonchev–Trinajstić information content (AvgIpc) is 2.92. The lowest BCUT2D eigenvalue weighted by Crippen LogP contribution is -2.43. The van der Waals surface area contributed by atoms with Crippen molar-refractivity contribution in [2.45, 2.75) is 32.4 Å². The van der Waals surface area contributed by atoms with Crippen LogP contribution in [-0.2, 0) is 11.3 Å². The fourth-order valence-corrected chi connectivity index (χ4v) is 2.63. The summed E-state index contributed by atoms with van der Waals surface area (Å²) in [5.41, 5.74) is 0. The van der Waals surface area contributed by atoms with Crippen molar-refractivity contribution in [3.05, 3.63) is 24.2 Å². The number of aliphatic hydroxyl groups excluding tert-OH is 1. The van der Waals surface area contributed by atoms with Crippen molar-refractivity contribution in [1.29, 1.82) is 0 Å². The third-order valence-corrected chi connectivity index (χ3v) is 4.07. The number of carbonyl (C=O) groups is 1. The van der Waals surface area contributed by atoms with E-state index in [1.54, 1.807) is 18.2 Å². The van der Waals surface area contributed by atoms with E-state index >= 15 is 0 Å². The second-order valence-corrected chi connectivity index (χ2v) is 5.68. The van der Waals surface area contributed by atoms with Crippen LogP contribution in [0.3, 0.4) is 0 Å². The van der Waals surface area contributed by atoms with Gasteiger partial charge in [-0.25, -0.2) is 0 Å². The van der Waals surface area contributed by atoms with Crippen molar-refractivity contribution in [3.63, 3.8) is 0 Å². The Morgan fingerprint density at radius 1 is 1.55 bits per heavy atom. The molecule has 5 heteroatoms. The molecule has 112 valence electrons. The van der Waals surface area contributed by atoms with Gasteiger partial charge in [-0.05, 0) is 50.9 Å². The number of furan rings is 1. The smallest absolute Gasteiger partial charge is 0.236 e. The van der Waals surface area contributed by atoms with Gasteiger partial charge in [0.1, 0.15) is 5.76 Å². The number of hydrogen-bond acceptors (Lipinski definition) is 4. The molecule has 0 aromatic carbocycles. The molecule has 1 aromatic rings. The molecular formula is C15H24N2O3. The molecule has 5 nitrogen and oxygen atoms in total. The molecule has 0 radical (unpaired) electrons. The van der Waals surface area contributed by atoms with Crippen molar-refractivity contribution in [3.8, 4) is 0 Å². The Bertz CT molecular complexity index is 409. The van der Waals surface area contributed by atoms with Gasteiger partial charge in [0, 0.05) is 7.05 Å². The van der Waals surface area contributed by atoms with Crippen LogP contribution in [0, 0.1) is 5.92 Å². The molecule has 20 heavy (non-hydrogen) atoms. The highest BCUT2D eigenvalue weighted by atomic mass is 16.3. The van der Waals surface area contributed by atoms with Gasteiger partial charge in [-0.2, -0.15) is 0 Å². The van der Waals surface area contributed by atoms with Crippen molar-refractivity contribution < 1.29 is 14.3 Å². The van der Waals surface area contributed by atoms with E-state index in [4.69, 9.17) is 4.42 Å². The van der Waals surface area contributed by atoms with Gasteiger partial charge in [0.25, 0.3) is 0 Å². The van der Waals surface area contributed by atoms with Crippen molar-refractivity contribution in [2.75, 3.05) is 26.7 Å². The molecule has 1 aliphatic heterocycles. The summed E-state index contributed by atoms with van der Waals surface area (Å²) >= 11 is 0. The second-order valence-electron chi connectivity index (χ2n) is 5.68. The van der Waals surface area contributed by atoms with Gasteiger partial charge in [-0.3, -0.25) is 9.69 Å². The van der Waals surface area contributed by atoms with Gasteiger partial charge in [0.2, 0.25) is 5.91 Å². The number of aliphatic hydroxyl groups is 1. The van der Waals surface area contributed by atoms with E-state index in [1.807, 2.05) is 19.1 Å². The molecule has 1 atom stereocenters. The largest absolute Gasteiger partial charge is 0.467 e. The Morgan fingerprint density at radius 2 is 2.25 bits per heavy atom. The standard InChI is InChI=1S/C15H24N2O3/c1-12(18)13-5-7-17(8-6-13)11-15(19)16(2)10-14-4-3-9-20-14/h3-4,9,12-13,18H,5-8,10-11H2,1-2H3. The summed E-state index contributed by atoms with van der Waals surface area (Å²) in [6.45, 7) is 4.58. The van der Waals surface area contributed by atoms with Gasteiger partial charge >= 0.3 is 0 Å². The Kier molecular flexibility index (Phi) is 5.20. The van der Waals surface area contributed by atoms with Crippen molar-refractivity contribution in [2.24, 2.45) is 5.92 Å². The van der Waals surface area contributed by atoms with Crippen LogP contribution in [0.4, 0.5) is 0 Å². The summed E-state index contributed by atoms with van der Waals surface area (Å²) in [5.74, 6) is 1.28. The Morgan fingerprint density at radius 3 is 2.80 bits per heavy atom. The summed E-state index contributed by atoms with van der Waals surface area (Å²) in [4.78, 5) is 16.0. The zero-order valence-electron chi connectivity index (χ0n) is 12.3. The van der Waals surface area contributed by atoms with Crippen LogP contribution < -0.4 is 0 Å². The van der Waals surface area contributed by atoms with Gasteiger partial charge in [-0.15, -0.1) is 0 Å². The van der Waals surface area contributed by atoms with E-state index in [0.717, 1.165) is 31.7 Å². The fraction of sp³-hybridized carbons (Fsp3) is 0.667. The van der Waals surface area contributed by atoms with Crippen molar-refractivity contribution in [1.82, 2.24) is 9.80 Å². The van der Waals surface area contributed by atoms with E-state index in [-0.39, 0.29) is 12.0 Å². The summed E-state index contributed by atoms with van der Waals surface area (Å²) in [6, 6.07) is 3.70. The quantitative estimate of drug-likeness (QED) is 0.884. The number of rotatable bonds is 5. The number of amides is 1. The number of carbonyl (C=O) groups excluding carboxylic acids is 1. The molecule has 1 saturated heterocycles. The first kappa shape index (κ1) is 15.1. The summed E-state index contributed by atoms with van der Waals surface area (Å²) in [5, 5.41) is 9.57. The number of hydrogen-bond donors (Lipinski definition) is 1. The maximum absolute atomic E-state index is 12.1. The first-order chi connectivity index (χ1) is 9.56. The van der Waals surface area contributed by atoms with Gasteiger partial charge in [0.15, 0.2) is 0 Å². The predicted molar refractivity (Wildman–Crippen MR) is 76.0 cm³/mol. The highest BCUT2D eigenvalue weighted by Crippen LogP contribution is 2.20. The highest BCUT2D eigenvalue weighted by molar-refractivity contribution is 5.77. The Labute approximate surface area is 120 Å². The summed E-state index contributed by atoms with van der Waals surface area (Å²) < 4.78 is 5.25. The molecule has 0 saturated carbocycles. The van der Waals surface area contributed by atoms with Gasteiger partial charge in [0.05, 0.1) is 25.5 Å². The van der Waals surface area contributed by atoms with E-state index in [0.29, 0.717) is 19.0 Å². The molecule has 0 spiro atoms. The number of piperidine rings is 1. The van der Waals surface area contributed by atoms with Gasteiger partial charge < -0.3 is 14.4 Å². The minimum atomic E-state index is -0.241. The van der Waals surface area contributed by atoms with Gasteiger partial charge in [-0.1, -0.05) is 0 Å². The van der Waals surface area contributed by atoms with E-state index < -0.39 is 0 Å². The monoisotopic (exact) mass is 280 g/mol. The van der Waals surface area contributed by atoms with Crippen molar-refractivity contribution >= 4 is 5.91 Å². The third kappa shape index (κ3) is 4.08. The first-order valence-corrected chi connectivity index (χ1v) is 7.23. The molecule has 2 rings (SSSR count). The lowest BCUT2D eigenvalue weighted by Gasteiger charge is -2.33. The zero-order valence-corrected chi connectivity index (χ0v) is 12.3. The molecule has 0 bridgehead atoms. The van der Waals surface area contributed by atoms with Crippen LogP contribution in [0.5, 0.6) is 0 Å². The number of likely N-dealkylation sites (N-methyl/N-ethyl adjacent to an activating group) is 1. The van der Waals surface area contributed by atoms with Crippen LogP contribution in [-0.4, -0.2) is 53.6 Å². The molecule has 1 aliphatic rings. The maximum atomic E-state index is 12.1. The number of likely N-dealkylation sites (tertiary alicyclic amines) is 1. The molecule has 1 amide bonds. The predicted octanol–water partition coefficient (Wildman–Crippen LogP) is 1.33. The summed E-state index contributed by atoms with van der Waals surface area (Å²) in [7, 11) is 1.80. The summed E-state index contributed by atoms with van der Waals surface area (Å²) in [6.07, 6.45) is 3.31. The molecule has 1 N–H and O–H groups in total. The van der Waals surface area contributed by atoms with Crippen LogP contribution >= 0.6 is 0 Å². The topological polar surface area (TPSA) is 56.9 Å². The SMILES string of the molecule is CC(O)C1CCN(CC(=O)N(C)Cc2ccco2)CC1. The minimum Gasteiger partial charge on any atom is -0.467 e. The molecule has 2 heterocycles. The van der Waals surface area contributed by atoms with E-state index in [9.17, 15) is 9.90 Å². The number of nitrogens with zero attached hydrogens (tertiary/aromatic N) is 2. The first-order valence-electron chi connectivity index (χ1n) is 7.23. The van der Waals surface area contributed by atoms with E-state index in [2.05, 4.69) is 4.90 Å². The molecule has 1 fully saturated rings. The molecule has 0 aliphatic carbocycles. The third-order valence-electron chi connectivity index (χ3n) is 4.07. The normalized spacial score (nSPS) is 18.9. The molecule has 1 unspecified atom stereocenters. The highest BCUT2D eigenvalue weighted by Gasteiger charge is 2.24. The lowest BCUT2D eigenvalue weighted by molar-refractivity contribution is -0.132. The molecular weight excluding hydrogens is 256 g/mol. The maximum Gasteiger partial charge on any atom is 0.236 e. The zero-order chi connectivity index (χ0) is 14.5. The minimum absolute atomic E-state index is 0.108. The van der Waals surface area contributed by atoms with Crippen LogP contribution in [0.25, 0.3) is 0 Å². The van der Waals surface area contributed by atoms with Crippen LogP contribution in [0.2, 0.25) is 0 Å². The fourth-order valence-electron chi connectivity index (χ4n) is 2.63. The Balaban J connectivity index is 1.74. The average molecular weight is 280 g/mol. The van der Waals surface area contributed by atoms with E-state index in [1.165, 1.54) is 0 Å².